The van der Waals surface area contributed by atoms with E-state index in [1.54, 1.807) is 37.0 Å². The molecule has 0 aliphatic heterocycles. The second kappa shape index (κ2) is 35.5. The minimum atomic E-state index is -1.77. The summed E-state index contributed by atoms with van der Waals surface area (Å²) in [6, 6.07) is 0. The van der Waals surface area contributed by atoms with Crippen LogP contribution in [-0.2, 0) is 23.5 Å². The largest absolute Gasteiger partial charge is 0.462 e. The predicted octanol–water partition coefficient (Wildman–Crippen LogP) is 35.2. The maximum absolute atomic E-state index is 11.9. The SMILES string of the molecule is C/C(=C\C[C@@H](C)[C@H]1CC[C@@]2(C)[C@@H]3CC[C@H]4C(C)(C)[C@@H](O)CC[C@@]45C[C@@]35CC[C@]12C)C(C)C.C/C(=C\C[C@@H](C)[C@H]1CC[C@@]2(C)[C@@H]3CC[C@H]4C(C)(C)[C@@H](O[Si](C)(C)C(C)(C)C)CC[C@@]45C[C@@]35CC[C@]12C)C(C)C.CC(=O)O[C@H]1CC[C@]23C[C@]24CC[C@]2(C)[C@@H]([C@H](C)C/C=C(\C)C(C)C)CC[C@@]2(C)[C@@H]4CC[C@H]3C1(C)C.CC(=O)O[C@H]1CC[C@]23C[C@]24CC[C@]2(C)[C@@H]([C@H](C)CCCO)CC[C@H]2[C@@H]4CC[C@H]3C1(C)C. The van der Waals surface area contributed by atoms with Crippen LogP contribution in [0.4, 0.5) is 0 Å². The van der Waals surface area contributed by atoms with Gasteiger partial charge in [0, 0.05) is 31.3 Å². The Balaban J connectivity index is 0.000000127. The third-order valence-corrected chi connectivity index (χ3v) is 59.8. The van der Waals surface area contributed by atoms with Crippen molar-refractivity contribution in [2.24, 2.45) is 221 Å². The number of hydrogen-bond donors (Lipinski definition) is 2. The normalized spacial score (nSPS) is 49.4. The fraction of sp³-hybridized carbons (Fsp3) is 0.938. The highest BCUT2D eigenvalue weighted by Gasteiger charge is 2.87. The van der Waals surface area contributed by atoms with Gasteiger partial charge in [0.25, 0.3) is 0 Å². The first-order chi connectivity index (χ1) is 63.5. The van der Waals surface area contributed by atoms with E-state index in [0.717, 1.165) is 126 Å². The number of aliphatic hydroxyl groups is 2. The molecule has 0 saturated heterocycles. The quantitative estimate of drug-likeness (QED) is 0.0711. The molecule has 137 heavy (non-hydrogen) atoms. The lowest BCUT2D eigenvalue weighted by atomic mass is 9.41. The maximum Gasteiger partial charge on any atom is 0.302 e. The molecule has 20 aliphatic rings. The first kappa shape index (κ1) is 107. The lowest BCUT2D eigenvalue weighted by Gasteiger charge is -2.64. The zero-order valence-electron chi connectivity index (χ0n) is 96.2. The number of rotatable bonds is 20. The summed E-state index contributed by atoms with van der Waals surface area (Å²) < 4.78 is 19.0. The van der Waals surface area contributed by atoms with Gasteiger partial charge in [-0.25, -0.2) is 0 Å². The molecular weight excluding hydrogens is 1690 g/mol. The van der Waals surface area contributed by atoms with Gasteiger partial charge in [0.05, 0.1) is 12.2 Å². The summed E-state index contributed by atoms with van der Waals surface area (Å²) in [5, 5.41) is 20.5. The van der Waals surface area contributed by atoms with Crippen LogP contribution in [0.1, 0.15) is 492 Å². The van der Waals surface area contributed by atoms with Gasteiger partial charge in [-0.05, 0) is 513 Å². The zero-order valence-corrected chi connectivity index (χ0v) is 97.2. The van der Waals surface area contributed by atoms with E-state index in [9.17, 15) is 19.8 Å². The van der Waals surface area contributed by atoms with Crippen LogP contribution in [-0.4, -0.2) is 61.5 Å². The summed E-state index contributed by atoms with van der Waals surface area (Å²) in [7, 11) is -1.77. The summed E-state index contributed by atoms with van der Waals surface area (Å²) in [6.45, 7) is 85.7. The molecule has 0 radical (unpaired) electrons. The van der Waals surface area contributed by atoms with E-state index in [1.165, 1.54) is 231 Å². The van der Waals surface area contributed by atoms with Crippen LogP contribution >= 0.6 is 0 Å². The van der Waals surface area contributed by atoms with Crippen molar-refractivity contribution in [3.63, 3.8) is 0 Å². The fourth-order valence-electron chi connectivity index (χ4n) is 45.2. The molecule has 2 N–H and O–H groups in total. The number of carbonyl (C=O) groups excluding carboxylic acids is 2. The molecule has 8 spiro atoms. The topological polar surface area (TPSA) is 102 Å². The molecule has 0 aromatic heterocycles. The van der Waals surface area contributed by atoms with E-state index >= 15 is 0 Å². The van der Waals surface area contributed by atoms with Crippen molar-refractivity contribution < 1.29 is 33.7 Å². The first-order valence-electron chi connectivity index (χ1n) is 59.8. The molecule has 7 nitrogen and oxygen atoms in total. The molecule has 20 aliphatic carbocycles. The molecule has 0 aromatic carbocycles. The van der Waals surface area contributed by atoms with Gasteiger partial charge in [0.15, 0.2) is 8.32 Å². The van der Waals surface area contributed by atoms with Crippen LogP contribution in [0, 0.1) is 221 Å². The Morgan fingerprint density at radius 3 is 1.00 bits per heavy atom. The molecule has 0 unspecified atom stereocenters. The second-order valence-corrected chi connectivity index (χ2v) is 67.0. The monoisotopic (exact) mass is 1910 g/mol. The number of aliphatic hydroxyl groups excluding tert-OH is 2. The van der Waals surface area contributed by atoms with Gasteiger partial charge in [-0.2, -0.15) is 0 Å². The van der Waals surface area contributed by atoms with Crippen molar-refractivity contribution in [2.75, 3.05) is 6.61 Å². The number of fused-ring (bicyclic) bond motifs is 8. The van der Waals surface area contributed by atoms with E-state index in [1.807, 2.05) is 0 Å². The van der Waals surface area contributed by atoms with Gasteiger partial charge in [0.2, 0.25) is 0 Å². The van der Waals surface area contributed by atoms with Gasteiger partial charge < -0.3 is 24.1 Å². The Bertz CT molecular complexity index is 4520. The molecular formula is C129H218O7Si. The summed E-state index contributed by atoms with van der Waals surface area (Å²) in [5.41, 5.74) is 13.7. The predicted molar refractivity (Wildman–Crippen MR) is 575 cm³/mol. The number of ether oxygens (including phenoxy) is 2. The first-order valence-corrected chi connectivity index (χ1v) is 62.7. The Labute approximate surface area is 845 Å². The van der Waals surface area contributed by atoms with E-state index in [-0.39, 0.29) is 46.5 Å². The number of allylic oxidation sites excluding steroid dienone is 6. The molecule has 20 saturated carbocycles. The zero-order chi connectivity index (χ0) is 100. The van der Waals surface area contributed by atoms with Gasteiger partial charge in [-0.1, -0.05) is 229 Å². The third kappa shape index (κ3) is 15.5. The van der Waals surface area contributed by atoms with Gasteiger partial charge >= 0.3 is 11.9 Å². The lowest BCUT2D eigenvalue weighted by molar-refractivity contribution is -0.181. The van der Waals surface area contributed by atoms with E-state index in [2.05, 4.69) is 246 Å². The highest BCUT2D eigenvalue weighted by Crippen LogP contribution is 2.94. The number of hydrogen-bond acceptors (Lipinski definition) is 7. The maximum atomic E-state index is 11.9. The van der Waals surface area contributed by atoms with Crippen molar-refractivity contribution >= 4 is 20.3 Å². The molecule has 780 valence electrons. The lowest BCUT2D eigenvalue weighted by Crippen LogP contribution is -2.59. The van der Waals surface area contributed by atoms with Crippen LogP contribution in [0.15, 0.2) is 34.9 Å². The van der Waals surface area contributed by atoms with Crippen LogP contribution in [0.25, 0.3) is 0 Å². The molecule has 20 fully saturated rings. The molecule has 0 amide bonds. The van der Waals surface area contributed by atoms with E-state index < -0.39 is 8.32 Å². The highest BCUT2D eigenvalue weighted by molar-refractivity contribution is 6.74. The summed E-state index contributed by atoms with van der Waals surface area (Å²) in [4.78, 5) is 23.6. The average molecular weight is 1910 g/mol. The fourth-order valence-corrected chi connectivity index (χ4v) is 46.7. The molecule has 20 rings (SSSR count). The number of esters is 2. The van der Waals surface area contributed by atoms with E-state index in [0.29, 0.717) is 122 Å². The van der Waals surface area contributed by atoms with Crippen LogP contribution in [0.5, 0.6) is 0 Å². The molecule has 0 aromatic rings. The highest BCUT2D eigenvalue weighted by atomic mass is 28.4. The molecule has 0 heterocycles. The van der Waals surface area contributed by atoms with Crippen LogP contribution in [0.2, 0.25) is 18.1 Å². The van der Waals surface area contributed by atoms with E-state index in [4.69, 9.17) is 13.9 Å². The van der Waals surface area contributed by atoms with Crippen molar-refractivity contribution in [1.82, 2.24) is 0 Å². The van der Waals surface area contributed by atoms with Crippen LogP contribution < -0.4 is 0 Å². The molecule has 8 heteroatoms. The van der Waals surface area contributed by atoms with Crippen molar-refractivity contribution in [2.45, 2.75) is 534 Å². The summed E-state index contributed by atoms with van der Waals surface area (Å²) in [6.07, 6.45) is 64.6. The summed E-state index contributed by atoms with van der Waals surface area (Å²) in [5.74, 6) is 16.2. The standard InChI is InChI=1S/C37H66OSi.C33H54O2.C31H52O.C28H46O3/c1-25(2)26(3)14-15-27(4)28-18-20-35(11)30-17-16-29-33(8,9)31(38-39(12,13)32(5,6)7)19-21-36(29)24-37(30,36)23-22-34(28,35)10;1-21(2)22(3)10-11-23(4)25-14-16-31(9)27-13-12-26-29(6,7)28(35-24(5)34)15-17-32(26)20-33(27,32)19-18-30(25,31)8;1-20(2)21(3)9-10-22(4)23-13-15-29(8)25-12-11-24-27(5,6)26(32)14-16-30(24)19-31(25,30)18-17-28(23,29)7;1-18(7-6-16-29)20-8-9-21-22-10-11-23-25(3,4)24(31-19(2)30)12-13-28(23)17-27(22,28)15-14-26(20,21)5/h14,25,27-31H,15-24H2,1-13H3;10,21,23,25-28H,11-20H2,1-9H3;9,20,22-26,32H,10-19H2,1-8H3;18,20-24,29H,6-17H2,1-5H3/b26-14+;22-10+;21-9+;/t27-,28-,29+,30+,31+,34-,35+,36-,37+;23-,25-,26+,27+,28+,30-,31+,32-,33+;22-,23-,24+,25+,26+,28-,29+,30-,31+;18-,20-,21+,22+,23+,24+,26-,27+,28-/m1111/s1. The van der Waals surface area contributed by atoms with Gasteiger partial charge in [-0.15, -0.1) is 0 Å². The Morgan fingerprint density at radius 2 is 0.642 bits per heavy atom. The average Bonchev–Trinajstić information content (AvgIpc) is 1.46. The Kier molecular flexibility index (Phi) is 27.6. The molecule has 0 bridgehead atoms. The van der Waals surface area contributed by atoms with Gasteiger partial charge in [0.1, 0.15) is 12.2 Å². The Morgan fingerprint density at radius 1 is 0.336 bits per heavy atom. The van der Waals surface area contributed by atoms with Crippen molar-refractivity contribution in [3.05, 3.63) is 34.9 Å². The minimum absolute atomic E-state index is 0.0872. The van der Waals surface area contributed by atoms with Gasteiger partial charge in [-0.3, -0.25) is 9.59 Å². The minimum Gasteiger partial charge on any atom is -0.462 e. The smallest absolute Gasteiger partial charge is 0.302 e. The second-order valence-electron chi connectivity index (χ2n) is 62.3. The Hall–Kier alpha value is -1.74. The summed E-state index contributed by atoms with van der Waals surface area (Å²) >= 11 is 0. The third-order valence-electron chi connectivity index (χ3n) is 55.3. The van der Waals surface area contributed by atoms with Crippen molar-refractivity contribution in [3.8, 4) is 0 Å². The number of carbonyl (C=O) groups is 2. The van der Waals surface area contributed by atoms with Crippen molar-refractivity contribution in [1.29, 1.82) is 0 Å². The van der Waals surface area contributed by atoms with Crippen LogP contribution in [0.3, 0.4) is 0 Å². The molecule has 36 atom stereocenters.